The van der Waals surface area contributed by atoms with E-state index >= 15 is 0 Å². The summed E-state index contributed by atoms with van der Waals surface area (Å²) >= 11 is 0. The molecule has 0 aliphatic rings. The summed E-state index contributed by atoms with van der Waals surface area (Å²) in [5.74, 6) is 0.921. The van der Waals surface area contributed by atoms with Gasteiger partial charge in [0.15, 0.2) is 0 Å². The molecule has 0 aliphatic heterocycles. The number of fused-ring (bicyclic) bond motifs is 2. The van der Waals surface area contributed by atoms with E-state index in [2.05, 4.69) is 78.4 Å². The first kappa shape index (κ1) is 16.7. The number of hydrogen-bond acceptors (Lipinski definition) is 1. The van der Waals surface area contributed by atoms with Gasteiger partial charge in [-0.3, -0.25) is 0 Å². The van der Waals surface area contributed by atoms with Crippen LogP contribution in [0.15, 0.2) is 66.9 Å². The molecule has 0 spiro atoms. The molecule has 0 bridgehead atoms. The molecule has 0 fully saturated rings. The maximum atomic E-state index is 5.45. The first-order chi connectivity index (χ1) is 12.8. The molecular weight excluding hydrogens is 318 g/mol. The van der Waals surface area contributed by atoms with Crippen LogP contribution in [-0.4, -0.2) is 11.7 Å². The summed E-state index contributed by atoms with van der Waals surface area (Å²) in [5.41, 5.74) is 4.04. The molecule has 2 nitrogen and oxygen atoms in total. The summed E-state index contributed by atoms with van der Waals surface area (Å²) in [6.45, 7) is 3.29. The predicted molar refractivity (Wildman–Crippen MR) is 110 cm³/mol. The van der Waals surface area contributed by atoms with Gasteiger partial charge in [0.2, 0.25) is 0 Å². The monoisotopic (exact) mass is 343 g/mol. The van der Waals surface area contributed by atoms with Gasteiger partial charge in [0.1, 0.15) is 5.75 Å². The number of methoxy groups -OCH3 is 1. The molecule has 0 aliphatic carbocycles. The van der Waals surface area contributed by atoms with Crippen LogP contribution in [0, 0.1) is 0 Å². The number of nitrogens with zero attached hydrogens (tertiary/aromatic N) is 1. The topological polar surface area (TPSA) is 14.2 Å². The molecule has 0 atom stereocenters. The van der Waals surface area contributed by atoms with Crippen LogP contribution in [0.2, 0.25) is 0 Å². The maximum Gasteiger partial charge on any atom is 0.120 e. The second-order valence-electron chi connectivity index (χ2n) is 6.90. The average Bonchev–Trinajstić information content (AvgIpc) is 3.03. The fraction of sp³-hybridized carbons (Fsp3) is 0.250. The van der Waals surface area contributed by atoms with E-state index in [9.17, 15) is 0 Å². The van der Waals surface area contributed by atoms with E-state index in [0.717, 1.165) is 18.7 Å². The molecule has 3 aromatic carbocycles. The molecule has 0 saturated carbocycles. The zero-order chi connectivity index (χ0) is 17.9. The molecule has 4 aromatic rings. The van der Waals surface area contributed by atoms with Crippen molar-refractivity contribution in [1.29, 1.82) is 0 Å². The van der Waals surface area contributed by atoms with Crippen molar-refractivity contribution in [3.63, 3.8) is 0 Å². The average molecular weight is 343 g/mol. The summed E-state index contributed by atoms with van der Waals surface area (Å²) in [4.78, 5) is 0. The second kappa shape index (κ2) is 7.25. The van der Waals surface area contributed by atoms with Crippen LogP contribution in [0.4, 0.5) is 0 Å². The van der Waals surface area contributed by atoms with Crippen LogP contribution in [0.1, 0.15) is 30.9 Å². The van der Waals surface area contributed by atoms with Crippen molar-refractivity contribution in [3.8, 4) is 5.75 Å². The number of hydrogen-bond donors (Lipinski definition) is 0. The Balaban J connectivity index is 1.80. The Morgan fingerprint density at radius 3 is 2.58 bits per heavy atom. The summed E-state index contributed by atoms with van der Waals surface area (Å²) in [6, 6.07) is 21.7. The summed E-state index contributed by atoms with van der Waals surface area (Å²) in [6.07, 6.45) is 5.67. The second-order valence-corrected chi connectivity index (χ2v) is 6.90. The third-order valence-electron chi connectivity index (χ3n) is 5.19. The smallest absolute Gasteiger partial charge is 0.120 e. The molecule has 4 rings (SSSR count). The summed E-state index contributed by atoms with van der Waals surface area (Å²) in [7, 11) is 1.73. The Morgan fingerprint density at radius 2 is 1.73 bits per heavy atom. The third-order valence-corrected chi connectivity index (χ3v) is 5.19. The molecule has 0 unspecified atom stereocenters. The Hall–Kier alpha value is -2.74. The Labute approximate surface area is 155 Å². The number of ether oxygens (including phenoxy) is 1. The zero-order valence-electron chi connectivity index (χ0n) is 15.5. The van der Waals surface area contributed by atoms with Crippen molar-refractivity contribution in [2.24, 2.45) is 0 Å². The number of aryl methyl sites for hydroxylation is 1. The van der Waals surface area contributed by atoms with Crippen molar-refractivity contribution < 1.29 is 4.74 Å². The zero-order valence-corrected chi connectivity index (χ0v) is 15.5. The van der Waals surface area contributed by atoms with Crippen molar-refractivity contribution in [1.82, 2.24) is 4.57 Å². The van der Waals surface area contributed by atoms with Gasteiger partial charge in [0.25, 0.3) is 0 Å². The molecule has 0 amide bonds. The lowest BCUT2D eigenvalue weighted by molar-refractivity contribution is 0.415. The lowest BCUT2D eigenvalue weighted by atomic mass is 9.98. The molecule has 1 heterocycles. The van der Waals surface area contributed by atoms with E-state index in [-0.39, 0.29) is 0 Å². The van der Waals surface area contributed by atoms with E-state index in [0.29, 0.717) is 0 Å². The number of unbranched alkanes of at least 4 members (excludes halogenated alkanes) is 1. The first-order valence-corrected chi connectivity index (χ1v) is 9.42. The van der Waals surface area contributed by atoms with Crippen molar-refractivity contribution in [2.75, 3.05) is 7.11 Å². The van der Waals surface area contributed by atoms with Crippen LogP contribution in [-0.2, 0) is 13.0 Å². The lowest BCUT2D eigenvalue weighted by Gasteiger charge is -2.06. The van der Waals surface area contributed by atoms with Gasteiger partial charge in [-0.1, -0.05) is 55.8 Å². The van der Waals surface area contributed by atoms with Crippen molar-refractivity contribution in [2.45, 2.75) is 32.7 Å². The first-order valence-electron chi connectivity index (χ1n) is 9.42. The number of rotatable bonds is 6. The molecule has 132 valence electrons. The highest BCUT2D eigenvalue weighted by Crippen LogP contribution is 2.29. The van der Waals surface area contributed by atoms with Crippen LogP contribution < -0.4 is 4.74 Å². The van der Waals surface area contributed by atoms with E-state index in [4.69, 9.17) is 4.74 Å². The Bertz CT molecular complexity index is 1040. The van der Waals surface area contributed by atoms with Crippen LogP contribution in [0.5, 0.6) is 5.75 Å². The van der Waals surface area contributed by atoms with Crippen LogP contribution >= 0.6 is 0 Å². The van der Waals surface area contributed by atoms with E-state index in [1.54, 1.807) is 7.11 Å². The molecule has 0 N–H and O–H groups in total. The summed E-state index contributed by atoms with van der Waals surface area (Å²) < 4.78 is 7.84. The summed E-state index contributed by atoms with van der Waals surface area (Å²) in [5, 5.41) is 3.98. The fourth-order valence-electron chi connectivity index (χ4n) is 3.78. The standard InChI is InChI=1S/C24H25NO/c1-3-4-14-25-17-20(23-13-12-21(26-2)16-24(23)25)15-19-10-7-9-18-8-5-6-11-22(18)19/h5-13,16-17H,3-4,14-15H2,1-2H3. The third kappa shape index (κ3) is 3.08. The van der Waals surface area contributed by atoms with Gasteiger partial charge < -0.3 is 9.30 Å². The quantitative estimate of drug-likeness (QED) is 0.407. The normalized spacial score (nSPS) is 11.3. The van der Waals surface area contributed by atoms with Gasteiger partial charge in [0, 0.05) is 30.6 Å². The fourth-order valence-corrected chi connectivity index (χ4v) is 3.78. The van der Waals surface area contributed by atoms with Crippen LogP contribution in [0.3, 0.4) is 0 Å². The highest BCUT2D eigenvalue weighted by molar-refractivity contribution is 5.89. The van der Waals surface area contributed by atoms with Gasteiger partial charge >= 0.3 is 0 Å². The minimum atomic E-state index is 0.921. The van der Waals surface area contributed by atoms with Gasteiger partial charge in [-0.2, -0.15) is 0 Å². The van der Waals surface area contributed by atoms with Gasteiger partial charge in [-0.25, -0.2) is 0 Å². The van der Waals surface area contributed by atoms with Crippen molar-refractivity contribution >= 4 is 21.7 Å². The predicted octanol–water partition coefficient (Wildman–Crippen LogP) is 6.19. The van der Waals surface area contributed by atoms with Crippen LogP contribution in [0.25, 0.3) is 21.7 Å². The number of benzene rings is 3. The highest BCUT2D eigenvalue weighted by atomic mass is 16.5. The molecule has 26 heavy (non-hydrogen) atoms. The highest BCUT2D eigenvalue weighted by Gasteiger charge is 2.11. The lowest BCUT2D eigenvalue weighted by Crippen LogP contribution is -1.95. The minimum Gasteiger partial charge on any atom is -0.497 e. The SMILES string of the molecule is CCCCn1cc(Cc2cccc3ccccc23)c2ccc(OC)cc21. The molecule has 0 saturated heterocycles. The van der Waals surface area contributed by atoms with E-state index < -0.39 is 0 Å². The Kier molecular flexibility index (Phi) is 4.66. The van der Waals surface area contributed by atoms with Gasteiger partial charge in [0.05, 0.1) is 12.6 Å². The van der Waals surface area contributed by atoms with E-state index in [1.807, 2.05) is 0 Å². The molecule has 1 aromatic heterocycles. The largest absolute Gasteiger partial charge is 0.497 e. The minimum absolute atomic E-state index is 0.921. The molecule has 0 radical (unpaired) electrons. The number of aromatic nitrogens is 1. The molecule has 2 heteroatoms. The van der Waals surface area contributed by atoms with Gasteiger partial charge in [-0.15, -0.1) is 0 Å². The van der Waals surface area contributed by atoms with E-state index in [1.165, 1.54) is 45.6 Å². The van der Waals surface area contributed by atoms with Gasteiger partial charge in [-0.05, 0) is 40.5 Å². The molecular formula is C24H25NO. The van der Waals surface area contributed by atoms with Crippen molar-refractivity contribution in [3.05, 3.63) is 78.0 Å². The maximum absolute atomic E-state index is 5.45. The Morgan fingerprint density at radius 1 is 0.885 bits per heavy atom.